The van der Waals surface area contributed by atoms with Crippen LogP contribution in [0.4, 0.5) is 0 Å². The van der Waals surface area contributed by atoms with E-state index in [4.69, 9.17) is 0 Å². The fourth-order valence-electron chi connectivity index (χ4n) is 2.25. The molecule has 1 saturated heterocycles. The van der Waals surface area contributed by atoms with Crippen LogP contribution in [0.25, 0.3) is 0 Å². The second-order valence-corrected chi connectivity index (χ2v) is 6.05. The summed E-state index contributed by atoms with van der Waals surface area (Å²) in [5.74, 6) is 1.95. The van der Waals surface area contributed by atoms with Gasteiger partial charge in [0.15, 0.2) is 0 Å². The van der Waals surface area contributed by atoms with Crippen LogP contribution in [0.3, 0.4) is 0 Å². The standard InChI is InChI=1S/C13H25NO2S/c1-3-9-17-10-12(16)14-7-5-13(4-2,11-15)6-8-14/h15H,3-11H2,1-2H3. The number of hydrogen-bond donors (Lipinski definition) is 1. The van der Waals surface area contributed by atoms with Crippen LogP contribution in [0, 0.1) is 5.41 Å². The van der Waals surface area contributed by atoms with Crippen molar-refractivity contribution >= 4 is 17.7 Å². The van der Waals surface area contributed by atoms with Crippen LogP contribution in [0.15, 0.2) is 0 Å². The summed E-state index contributed by atoms with van der Waals surface area (Å²) in [5.41, 5.74) is 0.0767. The summed E-state index contributed by atoms with van der Waals surface area (Å²) >= 11 is 1.73. The third-order valence-electron chi connectivity index (χ3n) is 3.84. The Morgan fingerprint density at radius 2 is 2.00 bits per heavy atom. The number of carbonyl (C=O) groups is 1. The SMILES string of the molecule is CCCSCC(=O)N1CCC(CC)(CO)CC1. The number of likely N-dealkylation sites (tertiary alicyclic amines) is 1. The summed E-state index contributed by atoms with van der Waals surface area (Å²) in [6, 6.07) is 0. The van der Waals surface area contributed by atoms with E-state index in [1.165, 1.54) is 0 Å². The molecule has 0 atom stereocenters. The van der Waals surface area contributed by atoms with Gasteiger partial charge in [-0.05, 0) is 36.9 Å². The summed E-state index contributed by atoms with van der Waals surface area (Å²) in [7, 11) is 0. The number of hydrogen-bond acceptors (Lipinski definition) is 3. The fourth-order valence-corrected chi connectivity index (χ4v) is 3.04. The minimum atomic E-state index is 0.0767. The highest BCUT2D eigenvalue weighted by atomic mass is 32.2. The van der Waals surface area contributed by atoms with Gasteiger partial charge >= 0.3 is 0 Å². The molecule has 1 aliphatic rings. The lowest BCUT2D eigenvalue weighted by Crippen LogP contribution is -2.45. The number of rotatable bonds is 6. The molecule has 0 aromatic heterocycles. The molecular weight excluding hydrogens is 234 g/mol. The number of aliphatic hydroxyl groups is 1. The van der Waals surface area contributed by atoms with Gasteiger partial charge in [0.1, 0.15) is 0 Å². The fraction of sp³-hybridized carbons (Fsp3) is 0.923. The summed E-state index contributed by atoms with van der Waals surface area (Å²) in [4.78, 5) is 13.9. The predicted molar refractivity (Wildman–Crippen MR) is 73.2 cm³/mol. The van der Waals surface area contributed by atoms with E-state index in [2.05, 4.69) is 13.8 Å². The maximum atomic E-state index is 11.9. The molecule has 0 bridgehead atoms. The molecular formula is C13H25NO2S. The lowest BCUT2D eigenvalue weighted by atomic mass is 9.77. The molecule has 0 saturated carbocycles. The van der Waals surface area contributed by atoms with Crippen LogP contribution in [0.2, 0.25) is 0 Å². The van der Waals surface area contributed by atoms with Gasteiger partial charge in [0.25, 0.3) is 0 Å². The van der Waals surface area contributed by atoms with Crippen molar-refractivity contribution in [2.24, 2.45) is 5.41 Å². The molecule has 4 heteroatoms. The number of piperidine rings is 1. The van der Waals surface area contributed by atoms with Crippen molar-refractivity contribution in [2.75, 3.05) is 31.2 Å². The molecule has 1 aliphatic heterocycles. The summed E-state index contributed by atoms with van der Waals surface area (Å²) in [6.07, 6.45) is 4.03. The topological polar surface area (TPSA) is 40.5 Å². The van der Waals surface area contributed by atoms with Crippen LogP contribution in [0.5, 0.6) is 0 Å². The first-order chi connectivity index (χ1) is 8.17. The average Bonchev–Trinajstić information content (AvgIpc) is 2.39. The van der Waals surface area contributed by atoms with Crippen molar-refractivity contribution in [1.29, 1.82) is 0 Å². The van der Waals surface area contributed by atoms with Crippen LogP contribution in [-0.4, -0.2) is 47.1 Å². The molecule has 0 aromatic rings. The van der Waals surface area contributed by atoms with Gasteiger partial charge in [0, 0.05) is 19.7 Å². The van der Waals surface area contributed by atoms with Gasteiger partial charge in [-0.2, -0.15) is 11.8 Å². The van der Waals surface area contributed by atoms with Crippen molar-refractivity contribution in [3.8, 4) is 0 Å². The molecule has 1 amide bonds. The largest absolute Gasteiger partial charge is 0.396 e. The van der Waals surface area contributed by atoms with Gasteiger partial charge in [-0.3, -0.25) is 4.79 Å². The van der Waals surface area contributed by atoms with E-state index in [1.807, 2.05) is 4.90 Å². The third-order valence-corrected chi connectivity index (χ3v) is 4.98. The Kier molecular flexibility index (Phi) is 6.34. The number of thioether (sulfide) groups is 1. The highest BCUT2D eigenvalue weighted by molar-refractivity contribution is 7.99. The Morgan fingerprint density at radius 1 is 1.35 bits per heavy atom. The van der Waals surface area contributed by atoms with Gasteiger partial charge in [-0.15, -0.1) is 0 Å². The number of aliphatic hydroxyl groups excluding tert-OH is 1. The molecule has 0 aromatic carbocycles. The van der Waals surface area contributed by atoms with Gasteiger partial charge in [-0.1, -0.05) is 13.8 Å². The molecule has 100 valence electrons. The zero-order valence-electron chi connectivity index (χ0n) is 11.1. The molecule has 1 heterocycles. The van der Waals surface area contributed by atoms with Crippen LogP contribution in [0.1, 0.15) is 39.5 Å². The van der Waals surface area contributed by atoms with Gasteiger partial charge in [-0.25, -0.2) is 0 Å². The molecule has 0 spiro atoms. The molecule has 1 fully saturated rings. The predicted octanol–water partition coefficient (Wildman–Crippen LogP) is 2.14. The minimum absolute atomic E-state index is 0.0767. The van der Waals surface area contributed by atoms with E-state index in [0.29, 0.717) is 5.75 Å². The zero-order chi connectivity index (χ0) is 12.7. The van der Waals surface area contributed by atoms with Crippen molar-refractivity contribution in [2.45, 2.75) is 39.5 Å². The Balaban J connectivity index is 2.33. The van der Waals surface area contributed by atoms with E-state index in [-0.39, 0.29) is 17.9 Å². The van der Waals surface area contributed by atoms with E-state index >= 15 is 0 Å². The van der Waals surface area contributed by atoms with Crippen molar-refractivity contribution in [3.63, 3.8) is 0 Å². The van der Waals surface area contributed by atoms with Gasteiger partial charge < -0.3 is 10.0 Å². The Hall–Kier alpha value is -0.220. The minimum Gasteiger partial charge on any atom is -0.396 e. The smallest absolute Gasteiger partial charge is 0.232 e. The first-order valence-corrected chi connectivity index (χ1v) is 7.79. The highest BCUT2D eigenvalue weighted by Gasteiger charge is 2.33. The van der Waals surface area contributed by atoms with Crippen LogP contribution < -0.4 is 0 Å². The summed E-state index contributed by atoms with van der Waals surface area (Å²) in [5, 5.41) is 9.43. The van der Waals surface area contributed by atoms with E-state index in [1.54, 1.807) is 11.8 Å². The van der Waals surface area contributed by atoms with Crippen LogP contribution >= 0.6 is 11.8 Å². The maximum Gasteiger partial charge on any atom is 0.232 e. The van der Waals surface area contributed by atoms with Crippen molar-refractivity contribution < 1.29 is 9.90 Å². The summed E-state index contributed by atoms with van der Waals surface area (Å²) in [6.45, 7) is 6.16. The monoisotopic (exact) mass is 259 g/mol. The molecule has 0 unspecified atom stereocenters. The molecule has 3 nitrogen and oxygen atoms in total. The van der Waals surface area contributed by atoms with Gasteiger partial charge in [0.05, 0.1) is 5.75 Å². The Bertz CT molecular complexity index is 232. The normalized spacial score (nSPS) is 19.4. The van der Waals surface area contributed by atoms with Gasteiger partial charge in [0.2, 0.25) is 5.91 Å². The Labute approximate surface area is 109 Å². The van der Waals surface area contributed by atoms with E-state index < -0.39 is 0 Å². The molecule has 1 rings (SSSR count). The highest BCUT2D eigenvalue weighted by Crippen LogP contribution is 2.34. The lowest BCUT2D eigenvalue weighted by molar-refractivity contribution is -0.131. The second-order valence-electron chi connectivity index (χ2n) is 4.95. The Morgan fingerprint density at radius 3 is 2.47 bits per heavy atom. The number of amides is 1. The number of nitrogens with zero attached hydrogens (tertiary/aromatic N) is 1. The lowest BCUT2D eigenvalue weighted by Gasteiger charge is -2.40. The molecule has 0 aliphatic carbocycles. The van der Waals surface area contributed by atoms with Crippen molar-refractivity contribution in [1.82, 2.24) is 4.90 Å². The number of carbonyl (C=O) groups excluding carboxylic acids is 1. The van der Waals surface area contributed by atoms with Crippen molar-refractivity contribution in [3.05, 3.63) is 0 Å². The first-order valence-electron chi connectivity index (χ1n) is 6.64. The second kappa shape index (κ2) is 7.27. The maximum absolute atomic E-state index is 11.9. The van der Waals surface area contributed by atoms with E-state index in [9.17, 15) is 9.90 Å². The quantitative estimate of drug-likeness (QED) is 0.743. The zero-order valence-corrected chi connectivity index (χ0v) is 11.9. The van der Waals surface area contributed by atoms with E-state index in [0.717, 1.165) is 44.5 Å². The van der Waals surface area contributed by atoms with Crippen LogP contribution in [-0.2, 0) is 4.79 Å². The third kappa shape index (κ3) is 4.18. The average molecular weight is 259 g/mol. The summed E-state index contributed by atoms with van der Waals surface area (Å²) < 4.78 is 0. The molecule has 17 heavy (non-hydrogen) atoms. The molecule has 1 N–H and O–H groups in total. The first kappa shape index (κ1) is 14.8. The molecule has 0 radical (unpaired) electrons.